The first-order chi connectivity index (χ1) is 9.99. The number of nitrogens with zero attached hydrogens (tertiary/aromatic N) is 2. The van der Waals surface area contributed by atoms with Crippen molar-refractivity contribution in [1.29, 1.82) is 0 Å². The molecule has 0 aromatic heterocycles. The third-order valence-corrected chi connectivity index (χ3v) is 2.53. The van der Waals surface area contributed by atoms with Crippen LogP contribution in [-0.2, 0) is 4.79 Å². The number of nitro groups is 1. The number of carbonyl (C=O) groups is 1. The summed E-state index contributed by atoms with van der Waals surface area (Å²) in [7, 11) is 0. The Balaban J connectivity index is 2.69. The molecule has 0 saturated carbocycles. The van der Waals surface area contributed by atoms with Gasteiger partial charge in [0.05, 0.1) is 11.0 Å². The zero-order valence-corrected chi connectivity index (χ0v) is 11.3. The fourth-order valence-corrected chi connectivity index (χ4v) is 1.54. The van der Waals surface area contributed by atoms with Crippen molar-refractivity contribution in [3.05, 3.63) is 59.4 Å². The van der Waals surface area contributed by atoms with Crippen molar-refractivity contribution in [2.45, 2.75) is 0 Å². The lowest BCUT2D eigenvalue weighted by Gasteiger charge is -2.19. The number of nitro benzene ring substituents is 1. The van der Waals surface area contributed by atoms with Crippen molar-refractivity contribution in [3.63, 3.8) is 0 Å². The highest BCUT2D eigenvalue weighted by molar-refractivity contribution is 5.78. The predicted octanol–water partition coefficient (Wildman–Crippen LogP) is 2.31. The minimum Gasteiger partial charge on any atom is -0.481 e. The molecule has 6 nitrogen and oxygen atoms in total. The molecule has 1 amide bonds. The third-order valence-electron chi connectivity index (χ3n) is 2.53. The molecule has 0 bridgehead atoms. The van der Waals surface area contributed by atoms with Gasteiger partial charge in [0.2, 0.25) is 0 Å². The van der Waals surface area contributed by atoms with Crippen LogP contribution in [0.2, 0.25) is 0 Å². The normalized spacial score (nSPS) is 9.76. The van der Waals surface area contributed by atoms with Crippen LogP contribution in [0.4, 0.5) is 10.1 Å². The smallest absolute Gasteiger partial charge is 0.272 e. The van der Waals surface area contributed by atoms with Crippen LogP contribution in [0, 0.1) is 15.9 Å². The molecule has 0 aliphatic heterocycles. The first-order valence-electron chi connectivity index (χ1n) is 6.06. The lowest BCUT2D eigenvalue weighted by molar-refractivity contribution is -0.385. The van der Waals surface area contributed by atoms with E-state index in [2.05, 4.69) is 13.2 Å². The zero-order valence-electron chi connectivity index (χ0n) is 11.3. The van der Waals surface area contributed by atoms with Gasteiger partial charge in [0.25, 0.3) is 11.6 Å². The average Bonchev–Trinajstić information content (AvgIpc) is 2.45. The Labute approximate surface area is 121 Å². The SMILES string of the molecule is C=CCN(CC=C)C(=O)COc1ccc([N+](=O)[O-])cc1F. The van der Waals surface area contributed by atoms with Crippen LogP contribution in [0.1, 0.15) is 0 Å². The van der Waals surface area contributed by atoms with E-state index in [0.717, 1.165) is 18.2 Å². The first-order valence-corrected chi connectivity index (χ1v) is 6.06. The fraction of sp³-hybridized carbons (Fsp3) is 0.214. The van der Waals surface area contributed by atoms with Gasteiger partial charge in [-0.2, -0.15) is 0 Å². The van der Waals surface area contributed by atoms with Crippen LogP contribution < -0.4 is 4.74 Å². The highest BCUT2D eigenvalue weighted by atomic mass is 19.1. The summed E-state index contributed by atoms with van der Waals surface area (Å²) in [6.45, 7) is 7.32. The standard InChI is InChI=1S/C14H15FN2O4/c1-3-7-16(8-4-2)14(18)10-21-13-6-5-11(17(19)20)9-12(13)15/h3-6,9H,1-2,7-8,10H2. The predicted molar refractivity (Wildman–Crippen MR) is 75.5 cm³/mol. The van der Waals surface area contributed by atoms with E-state index < -0.39 is 10.7 Å². The number of hydrogen-bond donors (Lipinski definition) is 0. The molecule has 1 rings (SSSR count). The van der Waals surface area contributed by atoms with E-state index in [4.69, 9.17) is 4.74 Å². The molecule has 112 valence electrons. The van der Waals surface area contributed by atoms with E-state index in [9.17, 15) is 19.3 Å². The average molecular weight is 294 g/mol. The second kappa shape index (κ2) is 7.78. The number of carbonyl (C=O) groups excluding carboxylic acids is 1. The minimum atomic E-state index is -0.893. The van der Waals surface area contributed by atoms with Gasteiger partial charge in [-0.05, 0) is 6.07 Å². The summed E-state index contributed by atoms with van der Waals surface area (Å²) < 4.78 is 18.6. The molecule has 0 unspecified atom stereocenters. The number of ether oxygens (including phenoxy) is 1. The molecule has 1 aromatic rings. The van der Waals surface area contributed by atoms with Crippen LogP contribution in [0.15, 0.2) is 43.5 Å². The van der Waals surface area contributed by atoms with Gasteiger partial charge < -0.3 is 9.64 Å². The highest BCUT2D eigenvalue weighted by Crippen LogP contribution is 2.22. The molecule has 0 saturated heterocycles. The van der Waals surface area contributed by atoms with E-state index in [1.165, 1.54) is 4.90 Å². The molecule has 0 fully saturated rings. The molecule has 0 spiro atoms. The molecular weight excluding hydrogens is 279 g/mol. The largest absolute Gasteiger partial charge is 0.481 e. The molecule has 0 radical (unpaired) electrons. The molecule has 1 aromatic carbocycles. The Morgan fingerprint density at radius 1 is 1.38 bits per heavy atom. The topological polar surface area (TPSA) is 72.7 Å². The number of amides is 1. The van der Waals surface area contributed by atoms with Crippen LogP contribution in [0.25, 0.3) is 0 Å². The molecule has 0 N–H and O–H groups in total. The maximum Gasteiger partial charge on any atom is 0.272 e. The first kappa shape index (κ1) is 16.4. The number of hydrogen-bond acceptors (Lipinski definition) is 4. The van der Waals surface area contributed by atoms with Crippen LogP contribution in [0.5, 0.6) is 5.75 Å². The van der Waals surface area contributed by atoms with E-state index in [1.807, 2.05) is 0 Å². The van der Waals surface area contributed by atoms with Gasteiger partial charge in [-0.15, -0.1) is 13.2 Å². The molecular formula is C14H15FN2O4. The highest BCUT2D eigenvalue weighted by Gasteiger charge is 2.15. The van der Waals surface area contributed by atoms with E-state index in [1.54, 1.807) is 12.2 Å². The maximum absolute atomic E-state index is 13.6. The summed E-state index contributed by atoms with van der Waals surface area (Å²) in [4.78, 5) is 23.0. The number of halogens is 1. The van der Waals surface area contributed by atoms with Gasteiger partial charge in [0.15, 0.2) is 18.2 Å². The van der Waals surface area contributed by atoms with Gasteiger partial charge in [-0.25, -0.2) is 4.39 Å². The van der Waals surface area contributed by atoms with Crippen molar-refractivity contribution in [3.8, 4) is 5.75 Å². The van der Waals surface area contributed by atoms with Crippen molar-refractivity contribution in [2.24, 2.45) is 0 Å². The lowest BCUT2D eigenvalue weighted by Crippen LogP contribution is -2.35. The van der Waals surface area contributed by atoms with Crippen LogP contribution in [0.3, 0.4) is 0 Å². The van der Waals surface area contributed by atoms with Gasteiger partial charge >= 0.3 is 0 Å². The Kier molecular flexibility index (Phi) is 6.06. The molecule has 21 heavy (non-hydrogen) atoms. The Morgan fingerprint density at radius 2 is 2.00 bits per heavy atom. The Hall–Kier alpha value is -2.70. The zero-order chi connectivity index (χ0) is 15.8. The van der Waals surface area contributed by atoms with E-state index in [-0.39, 0.29) is 24.0 Å². The fourth-order valence-electron chi connectivity index (χ4n) is 1.54. The molecule has 7 heteroatoms. The number of non-ortho nitro benzene ring substituents is 1. The molecule has 0 heterocycles. The minimum absolute atomic E-state index is 0.217. The van der Waals surface area contributed by atoms with E-state index >= 15 is 0 Å². The van der Waals surface area contributed by atoms with Crippen molar-refractivity contribution in [2.75, 3.05) is 19.7 Å². The quantitative estimate of drug-likeness (QED) is 0.419. The second-order valence-corrected chi connectivity index (χ2v) is 4.04. The van der Waals surface area contributed by atoms with Crippen molar-refractivity contribution in [1.82, 2.24) is 4.90 Å². The monoisotopic (exact) mass is 294 g/mol. The molecule has 0 aliphatic carbocycles. The Bertz CT molecular complexity index is 550. The van der Waals surface area contributed by atoms with Crippen molar-refractivity contribution < 1.29 is 18.8 Å². The van der Waals surface area contributed by atoms with Gasteiger partial charge in [-0.1, -0.05) is 12.2 Å². The van der Waals surface area contributed by atoms with Gasteiger partial charge in [-0.3, -0.25) is 14.9 Å². The van der Waals surface area contributed by atoms with E-state index in [0.29, 0.717) is 13.1 Å². The molecule has 0 atom stereocenters. The van der Waals surface area contributed by atoms with Crippen LogP contribution >= 0.6 is 0 Å². The second-order valence-electron chi connectivity index (χ2n) is 4.04. The van der Waals surface area contributed by atoms with Crippen molar-refractivity contribution >= 4 is 11.6 Å². The van der Waals surface area contributed by atoms with Gasteiger partial charge in [0.1, 0.15) is 0 Å². The summed E-state index contributed by atoms with van der Waals surface area (Å²) in [5.41, 5.74) is -0.383. The number of rotatable bonds is 8. The maximum atomic E-state index is 13.6. The summed E-state index contributed by atoms with van der Waals surface area (Å²) in [5, 5.41) is 10.5. The third kappa shape index (κ3) is 4.72. The summed E-state index contributed by atoms with van der Waals surface area (Å²) in [6.07, 6.45) is 3.10. The summed E-state index contributed by atoms with van der Waals surface area (Å²) in [6, 6.07) is 2.96. The Morgan fingerprint density at radius 3 is 2.48 bits per heavy atom. The number of benzene rings is 1. The summed E-state index contributed by atoms with van der Waals surface area (Å²) in [5.74, 6) is -1.48. The van der Waals surface area contributed by atoms with Crippen LogP contribution in [-0.4, -0.2) is 35.4 Å². The summed E-state index contributed by atoms with van der Waals surface area (Å²) >= 11 is 0. The molecule has 0 aliphatic rings. The van der Waals surface area contributed by atoms with Gasteiger partial charge in [0, 0.05) is 19.2 Å². The lowest BCUT2D eigenvalue weighted by atomic mass is 10.3.